The maximum absolute atomic E-state index is 17.2. The van der Waals surface area contributed by atoms with Crippen LogP contribution in [0.1, 0.15) is 53.9 Å². The third kappa shape index (κ3) is 2.95. The first-order chi connectivity index (χ1) is 15.3. The Morgan fingerprint density at radius 1 is 1.27 bits per heavy atom. The van der Waals surface area contributed by atoms with Crippen molar-refractivity contribution < 1.29 is 33.0 Å². The van der Waals surface area contributed by atoms with Gasteiger partial charge in [0.1, 0.15) is 6.17 Å². The summed E-state index contributed by atoms with van der Waals surface area (Å²) >= 11 is 1.05. The molecule has 0 spiro atoms. The lowest BCUT2D eigenvalue weighted by atomic mass is 9.44. The van der Waals surface area contributed by atoms with E-state index >= 15 is 8.78 Å². The Morgan fingerprint density at radius 2 is 1.94 bits per heavy atom. The Bertz CT molecular complexity index is 964. The fourth-order valence-corrected chi connectivity index (χ4v) is 8.64. The van der Waals surface area contributed by atoms with Gasteiger partial charge in [-0.05, 0) is 55.6 Å². The maximum atomic E-state index is 17.2. The third-order valence-corrected chi connectivity index (χ3v) is 9.91. The summed E-state index contributed by atoms with van der Waals surface area (Å²) in [6.45, 7) is 8.21. The van der Waals surface area contributed by atoms with Crippen molar-refractivity contribution in [3.05, 3.63) is 23.8 Å². The number of fused-ring (bicyclic) bond motifs is 5. The molecule has 0 unspecified atom stereocenters. The summed E-state index contributed by atoms with van der Waals surface area (Å²) in [6, 6.07) is 0. The Labute approximate surface area is 197 Å². The van der Waals surface area contributed by atoms with Crippen LogP contribution in [0.5, 0.6) is 0 Å². The summed E-state index contributed by atoms with van der Waals surface area (Å²) in [7, 11) is 0. The number of rotatable bonds is 3. The van der Waals surface area contributed by atoms with E-state index in [1.165, 1.54) is 19.1 Å². The van der Waals surface area contributed by atoms with Crippen LogP contribution < -0.4 is 0 Å². The first-order valence-corrected chi connectivity index (χ1v) is 12.6. The van der Waals surface area contributed by atoms with Gasteiger partial charge in [0, 0.05) is 29.6 Å². The van der Waals surface area contributed by atoms with Gasteiger partial charge in [-0.25, -0.2) is 8.78 Å². The minimum atomic E-state index is -2.23. The average Bonchev–Trinajstić information content (AvgIpc) is 2.93. The zero-order valence-electron chi connectivity index (χ0n) is 19.7. The quantitative estimate of drug-likeness (QED) is 0.610. The van der Waals surface area contributed by atoms with Gasteiger partial charge in [0.2, 0.25) is 5.12 Å². The van der Waals surface area contributed by atoms with Gasteiger partial charge < -0.3 is 9.84 Å². The molecule has 9 atom stereocenters. The van der Waals surface area contributed by atoms with Gasteiger partial charge >= 0.3 is 5.97 Å². The number of carbonyl (C=O) groups excluding carboxylic acids is 3. The smallest absolute Gasteiger partial charge is 0.303 e. The lowest BCUT2D eigenvalue weighted by molar-refractivity contribution is -0.228. The third-order valence-electron chi connectivity index (χ3n) is 9.05. The topological polar surface area (TPSA) is 80.7 Å². The van der Waals surface area contributed by atoms with Crippen molar-refractivity contribution in [3.63, 3.8) is 0 Å². The number of halogens is 2. The SMILES string of the molecule is CCSC(=O)[C@@]1(OC(C)=O)[C@H](C)C[C@H]2[C@@H]3C[C@H](F)C4=CC(=O)C=C[C@]4(C)[C@@]3(F)[C@@H](O)C[C@@]21C. The average molecular weight is 483 g/mol. The molecule has 4 aliphatic rings. The highest BCUT2D eigenvalue weighted by atomic mass is 32.2. The van der Waals surface area contributed by atoms with Crippen molar-refractivity contribution in [2.45, 2.75) is 77.4 Å². The number of thioether (sulfide) groups is 1. The second-order valence-electron chi connectivity index (χ2n) is 10.5. The highest BCUT2D eigenvalue weighted by Crippen LogP contribution is 2.72. The van der Waals surface area contributed by atoms with E-state index < -0.39 is 63.9 Å². The Hall–Kier alpha value is -1.54. The first-order valence-electron chi connectivity index (χ1n) is 11.6. The number of aliphatic hydroxyl groups is 1. The molecular weight excluding hydrogens is 450 g/mol. The number of alkyl halides is 2. The largest absolute Gasteiger partial charge is 0.449 e. The molecule has 0 radical (unpaired) electrons. The molecule has 0 bridgehead atoms. The Kier molecular flexibility index (Phi) is 5.76. The summed E-state index contributed by atoms with van der Waals surface area (Å²) < 4.78 is 38.5. The van der Waals surface area contributed by atoms with Crippen LogP contribution in [0, 0.1) is 28.6 Å². The lowest BCUT2D eigenvalue weighted by Crippen LogP contribution is -2.70. The molecule has 0 aromatic heterocycles. The number of esters is 1. The van der Waals surface area contributed by atoms with Gasteiger partial charge in [-0.3, -0.25) is 14.4 Å². The molecule has 8 heteroatoms. The Balaban J connectivity index is 1.88. The molecule has 33 heavy (non-hydrogen) atoms. The van der Waals surface area contributed by atoms with Crippen LogP contribution in [-0.2, 0) is 19.1 Å². The van der Waals surface area contributed by atoms with E-state index in [-0.39, 0.29) is 23.5 Å². The first kappa shape index (κ1) is 24.6. The fraction of sp³-hybridized carbons (Fsp3) is 0.720. The minimum absolute atomic E-state index is 0.0614. The monoisotopic (exact) mass is 482 g/mol. The fourth-order valence-electron chi connectivity index (χ4n) is 7.68. The summed E-state index contributed by atoms with van der Waals surface area (Å²) in [5, 5.41) is 11.1. The molecule has 0 amide bonds. The van der Waals surface area contributed by atoms with E-state index in [2.05, 4.69) is 0 Å². The van der Waals surface area contributed by atoms with Gasteiger partial charge in [-0.2, -0.15) is 0 Å². The molecule has 0 saturated heterocycles. The van der Waals surface area contributed by atoms with Crippen LogP contribution in [0.15, 0.2) is 23.8 Å². The number of carbonyl (C=O) groups is 3. The zero-order valence-corrected chi connectivity index (χ0v) is 20.5. The van der Waals surface area contributed by atoms with Crippen molar-refractivity contribution in [2.24, 2.45) is 28.6 Å². The van der Waals surface area contributed by atoms with Gasteiger partial charge in [0.25, 0.3) is 0 Å². The number of ether oxygens (including phenoxy) is 1. The van der Waals surface area contributed by atoms with Crippen molar-refractivity contribution >= 4 is 28.6 Å². The molecule has 0 heterocycles. The zero-order chi connectivity index (χ0) is 24.6. The molecule has 0 aromatic carbocycles. The van der Waals surface area contributed by atoms with E-state index in [4.69, 9.17) is 4.74 Å². The highest BCUT2D eigenvalue weighted by molar-refractivity contribution is 8.13. The lowest BCUT2D eigenvalue weighted by Gasteiger charge is -2.63. The molecule has 0 aromatic rings. The summed E-state index contributed by atoms with van der Waals surface area (Å²) in [5.41, 5.74) is -6.25. The van der Waals surface area contributed by atoms with Gasteiger partial charge in [-0.15, -0.1) is 0 Å². The maximum Gasteiger partial charge on any atom is 0.303 e. The number of hydrogen-bond acceptors (Lipinski definition) is 6. The second-order valence-corrected chi connectivity index (χ2v) is 11.8. The van der Waals surface area contributed by atoms with E-state index in [1.807, 2.05) is 13.8 Å². The van der Waals surface area contributed by atoms with Gasteiger partial charge in [0.15, 0.2) is 17.1 Å². The minimum Gasteiger partial charge on any atom is -0.449 e. The second kappa shape index (κ2) is 7.74. The van der Waals surface area contributed by atoms with Crippen LogP contribution in [0.25, 0.3) is 0 Å². The summed E-state index contributed by atoms with van der Waals surface area (Å²) in [5.74, 6) is -2.37. The predicted molar refractivity (Wildman–Crippen MR) is 121 cm³/mol. The predicted octanol–water partition coefficient (Wildman–Crippen LogP) is 4.13. The molecule has 1 N–H and O–H groups in total. The molecule has 182 valence electrons. The normalized spacial score (nSPS) is 48.4. The molecule has 0 aliphatic heterocycles. The molecule has 3 fully saturated rings. The number of allylic oxidation sites excluding steroid dienone is 4. The Morgan fingerprint density at radius 3 is 2.55 bits per heavy atom. The highest BCUT2D eigenvalue weighted by Gasteiger charge is 2.78. The summed E-state index contributed by atoms with van der Waals surface area (Å²) in [4.78, 5) is 37.6. The summed E-state index contributed by atoms with van der Waals surface area (Å²) in [6.07, 6.45) is 0.758. The number of ketones is 1. The van der Waals surface area contributed by atoms with Gasteiger partial charge in [0.05, 0.1) is 6.10 Å². The van der Waals surface area contributed by atoms with Crippen LogP contribution in [0.4, 0.5) is 8.78 Å². The molecule has 4 aliphatic carbocycles. The van der Waals surface area contributed by atoms with Crippen LogP contribution in [-0.4, -0.2) is 51.3 Å². The van der Waals surface area contributed by atoms with Crippen molar-refractivity contribution in [1.82, 2.24) is 0 Å². The van der Waals surface area contributed by atoms with Crippen molar-refractivity contribution in [1.29, 1.82) is 0 Å². The van der Waals surface area contributed by atoms with Gasteiger partial charge in [-0.1, -0.05) is 38.6 Å². The van der Waals surface area contributed by atoms with E-state index in [0.29, 0.717) is 12.2 Å². The van der Waals surface area contributed by atoms with Crippen LogP contribution in [0.2, 0.25) is 0 Å². The van der Waals surface area contributed by atoms with E-state index in [1.54, 1.807) is 13.8 Å². The molecule has 5 nitrogen and oxygen atoms in total. The number of aliphatic hydroxyl groups excluding tert-OH is 1. The van der Waals surface area contributed by atoms with Crippen molar-refractivity contribution in [2.75, 3.05) is 5.75 Å². The van der Waals surface area contributed by atoms with Crippen LogP contribution >= 0.6 is 11.8 Å². The van der Waals surface area contributed by atoms with E-state index in [9.17, 15) is 19.5 Å². The molecule has 4 rings (SSSR count). The van der Waals surface area contributed by atoms with Crippen LogP contribution in [0.3, 0.4) is 0 Å². The molecule has 3 saturated carbocycles. The standard InChI is InChI=1S/C25H32F2O5S/c1-6-33-21(31)25(32-14(3)28)13(2)9-16-17-11-19(26)18-10-15(29)7-8-22(18,4)24(17,27)20(30)12-23(16,25)5/h7-8,10,13,16-17,19-20,30H,6,9,11-12H2,1-5H3/t13-,16+,17+,19+,20+,22+,23+,24+,25+/m1/s1. The van der Waals surface area contributed by atoms with Crippen molar-refractivity contribution in [3.8, 4) is 0 Å². The molecular formula is C25H32F2O5S. The number of hydrogen-bond donors (Lipinski definition) is 1. The van der Waals surface area contributed by atoms with E-state index in [0.717, 1.165) is 17.8 Å².